The number of nitrogens with one attached hydrogen (secondary N) is 1. The first-order valence-electron chi connectivity index (χ1n) is 7.31. The second kappa shape index (κ2) is 5.94. The second-order valence-electron chi connectivity index (χ2n) is 5.27. The molecule has 2 heterocycles. The molecule has 0 aliphatic rings. The number of benzene rings is 2. The van der Waals surface area contributed by atoms with Gasteiger partial charge in [-0.3, -0.25) is 0 Å². The summed E-state index contributed by atoms with van der Waals surface area (Å²) < 4.78 is 15.3. The van der Waals surface area contributed by atoms with E-state index in [2.05, 4.69) is 15.3 Å². The van der Waals surface area contributed by atoms with Crippen LogP contribution in [0.15, 0.2) is 67.3 Å². The number of anilines is 2. The molecule has 118 valence electrons. The zero-order valence-corrected chi connectivity index (χ0v) is 13.2. The fraction of sp³-hybridized carbons (Fsp3) is 0. The van der Waals surface area contributed by atoms with Gasteiger partial charge < -0.3 is 9.88 Å². The van der Waals surface area contributed by atoms with Gasteiger partial charge in [0.25, 0.3) is 0 Å². The summed E-state index contributed by atoms with van der Waals surface area (Å²) in [7, 11) is 0. The van der Waals surface area contributed by atoms with Crippen LogP contribution in [0.3, 0.4) is 0 Å². The highest BCUT2D eigenvalue weighted by Crippen LogP contribution is 2.27. The topological polar surface area (TPSA) is 42.7 Å². The molecule has 0 amide bonds. The molecule has 0 aliphatic heterocycles. The van der Waals surface area contributed by atoms with E-state index in [9.17, 15) is 4.39 Å². The van der Waals surface area contributed by atoms with Crippen LogP contribution < -0.4 is 5.32 Å². The van der Waals surface area contributed by atoms with Crippen molar-refractivity contribution in [2.24, 2.45) is 0 Å². The Labute approximate surface area is 142 Å². The molecule has 2 aromatic carbocycles. The SMILES string of the molecule is Fc1ccc(Nc2ncnc3ccc(-n4cccc4)cc23)cc1Cl. The van der Waals surface area contributed by atoms with Crippen LogP contribution >= 0.6 is 11.6 Å². The van der Waals surface area contributed by atoms with E-state index in [4.69, 9.17) is 11.6 Å². The first-order valence-corrected chi connectivity index (χ1v) is 7.69. The maximum Gasteiger partial charge on any atom is 0.141 e. The van der Waals surface area contributed by atoms with E-state index in [0.717, 1.165) is 16.6 Å². The van der Waals surface area contributed by atoms with Crippen molar-refractivity contribution in [3.05, 3.63) is 78.1 Å². The molecule has 24 heavy (non-hydrogen) atoms. The number of fused-ring (bicyclic) bond motifs is 1. The lowest BCUT2D eigenvalue weighted by atomic mass is 10.2. The van der Waals surface area contributed by atoms with Gasteiger partial charge in [-0.2, -0.15) is 0 Å². The van der Waals surface area contributed by atoms with E-state index in [-0.39, 0.29) is 5.02 Å². The highest BCUT2D eigenvalue weighted by Gasteiger charge is 2.07. The normalized spacial score (nSPS) is 10.9. The van der Waals surface area contributed by atoms with Crippen molar-refractivity contribution in [2.75, 3.05) is 5.32 Å². The first kappa shape index (κ1) is 14.7. The molecule has 4 nitrogen and oxygen atoms in total. The van der Waals surface area contributed by atoms with Gasteiger partial charge in [-0.05, 0) is 48.5 Å². The Bertz CT molecular complexity index is 1010. The molecule has 4 aromatic rings. The zero-order valence-electron chi connectivity index (χ0n) is 12.4. The van der Waals surface area contributed by atoms with Crippen molar-refractivity contribution >= 4 is 34.0 Å². The van der Waals surface area contributed by atoms with Gasteiger partial charge in [-0.15, -0.1) is 0 Å². The quantitative estimate of drug-likeness (QED) is 0.574. The summed E-state index contributed by atoms with van der Waals surface area (Å²) in [5.74, 6) is 0.182. The van der Waals surface area contributed by atoms with Crippen molar-refractivity contribution in [3.8, 4) is 5.69 Å². The highest BCUT2D eigenvalue weighted by atomic mass is 35.5. The average molecular weight is 339 g/mol. The Morgan fingerprint density at radius 2 is 1.83 bits per heavy atom. The van der Waals surface area contributed by atoms with Crippen molar-refractivity contribution < 1.29 is 4.39 Å². The summed E-state index contributed by atoms with van der Waals surface area (Å²) in [5.41, 5.74) is 2.48. The fourth-order valence-corrected chi connectivity index (χ4v) is 2.70. The van der Waals surface area contributed by atoms with Gasteiger partial charge in [0.15, 0.2) is 0 Å². The summed E-state index contributed by atoms with van der Waals surface area (Å²) >= 11 is 5.84. The predicted octanol–water partition coefficient (Wildman–Crippen LogP) is 4.96. The molecule has 0 atom stereocenters. The van der Waals surface area contributed by atoms with E-state index < -0.39 is 5.82 Å². The molecule has 1 N–H and O–H groups in total. The molecule has 0 saturated carbocycles. The van der Waals surface area contributed by atoms with Gasteiger partial charge >= 0.3 is 0 Å². The minimum absolute atomic E-state index is 0.0615. The Hall–Kier alpha value is -2.92. The molecule has 0 fully saturated rings. The number of nitrogens with zero attached hydrogens (tertiary/aromatic N) is 3. The Morgan fingerprint density at radius 3 is 2.62 bits per heavy atom. The Kier molecular flexibility index (Phi) is 3.63. The van der Waals surface area contributed by atoms with E-state index in [1.807, 2.05) is 47.3 Å². The molecule has 0 aliphatic carbocycles. The third kappa shape index (κ3) is 2.70. The molecule has 4 rings (SSSR count). The van der Waals surface area contributed by atoms with Gasteiger partial charge in [-0.1, -0.05) is 11.6 Å². The Morgan fingerprint density at radius 1 is 1.00 bits per heavy atom. The van der Waals surface area contributed by atoms with Gasteiger partial charge in [0.1, 0.15) is 18.0 Å². The number of hydrogen-bond donors (Lipinski definition) is 1. The molecule has 0 radical (unpaired) electrons. The molecule has 0 unspecified atom stereocenters. The third-order valence-corrected chi connectivity index (χ3v) is 3.99. The first-order chi connectivity index (χ1) is 11.7. The highest BCUT2D eigenvalue weighted by molar-refractivity contribution is 6.31. The lowest BCUT2D eigenvalue weighted by Gasteiger charge is -2.10. The largest absolute Gasteiger partial charge is 0.340 e. The van der Waals surface area contributed by atoms with Crippen molar-refractivity contribution in [2.45, 2.75) is 0 Å². The lowest BCUT2D eigenvalue weighted by molar-refractivity contribution is 0.628. The number of rotatable bonds is 3. The Balaban J connectivity index is 1.79. The molecular formula is C18H12ClFN4. The van der Waals surface area contributed by atoms with Crippen molar-refractivity contribution in [1.29, 1.82) is 0 Å². The maximum atomic E-state index is 13.3. The molecular weight excluding hydrogens is 327 g/mol. The van der Waals surface area contributed by atoms with Crippen LogP contribution in [-0.2, 0) is 0 Å². The van der Waals surface area contributed by atoms with Gasteiger partial charge in [0, 0.05) is 29.2 Å². The number of hydrogen-bond acceptors (Lipinski definition) is 3. The fourth-order valence-electron chi connectivity index (χ4n) is 2.52. The summed E-state index contributed by atoms with van der Waals surface area (Å²) in [4.78, 5) is 8.60. The van der Waals surface area contributed by atoms with Crippen LogP contribution in [0.1, 0.15) is 0 Å². The van der Waals surface area contributed by atoms with E-state index in [0.29, 0.717) is 11.5 Å². The van der Waals surface area contributed by atoms with Gasteiger partial charge in [0.05, 0.1) is 10.5 Å². The number of aromatic nitrogens is 3. The lowest BCUT2D eigenvalue weighted by Crippen LogP contribution is -1.98. The maximum absolute atomic E-state index is 13.3. The summed E-state index contributed by atoms with van der Waals surface area (Å²) in [6.07, 6.45) is 5.43. The van der Waals surface area contributed by atoms with Gasteiger partial charge in [0.2, 0.25) is 0 Å². The average Bonchev–Trinajstić information content (AvgIpc) is 3.13. The van der Waals surface area contributed by atoms with Crippen LogP contribution in [0.25, 0.3) is 16.6 Å². The van der Waals surface area contributed by atoms with Crippen LogP contribution in [0.5, 0.6) is 0 Å². The molecule has 0 spiro atoms. The molecule has 0 saturated heterocycles. The van der Waals surface area contributed by atoms with E-state index in [1.165, 1.54) is 18.5 Å². The van der Waals surface area contributed by atoms with Crippen LogP contribution in [-0.4, -0.2) is 14.5 Å². The van der Waals surface area contributed by atoms with E-state index in [1.54, 1.807) is 6.07 Å². The molecule has 6 heteroatoms. The van der Waals surface area contributed by atoms with Crippen LogP contribution in [0, 0.1) is 5.82 Å². The monoisotopic (exact) mass is 338 g/mol. The summed E-state index contributed by atoms with van der Waals surface area (Å²) in [5, 5.41) is 4.10. The zero-order chi connectivity index (χ0) is 16.5. The van der Waals surface area contributed by atoms with Crippen LogP contribution in [0.2, 0.25) is 5.02 Å². The van der Waals surface area contributed by atoms with Crippen molar-refractivity contribution in [3.63, 3.8) is 0 Å². The molecule has 0 bridgehead atoms. The van der Waals surface area contributed by atoms with E-state index >= 15 is 0 Å². The standard InChI is InChI=1S/C18H12ClFN4/c19-15-9-12(3-5-16(15)20)23-18-14-10-13(24-7-1-2-8-24)4-6-17(14)21-11-22-18/h1-11H,(H,21,22,23). The summed E-state index contributed by atoms with van der Waals surface area (Å²) in [6.45, 7) is 0. The van der Waals surface area contributed by atoms with Crippen LogP contribution in [0.4, 0.5) is 15.9 Å². The second-order valence-corrected chi connectivity index (χ2v) is 5.68. The minimum atomic E-state index is -0.454. The van der Waals surface area contributed by atoms with Crippen molar-refractivity contribution in [1.82, 2.24) is 14.5 Å². The molecule has 2 aromatic heterocycles. The summed E-state index contributed by atoms with van der Waals surface area (Å²) in [6, 6.07) is 14.3. The predicted molar refractivity (Wildman–Crippen MR) is 93.6 cm³/mol. The third-order valence-electron chi connectivity index (χ3n) is 3.70. The number of halogens is 2. The van der Waals surface area contributed by atoms with Gasteiger partial charge in [-0.25, -0.2) is 14.4 Å². The minimum Gasteiger partial charge on any atom is -0.340 e. The smallest absolute Gasteiger partial charge is 0.141 e.